The van der Waals surface area contributed by atoms with Gasteiger partial charge in [0.25, 0.3) is 0 Å². The summed E-state index contributed by atoms with van der Waals surface area (Å²) in [6, 6.07) is 7.38. The second-order valence-electron chi connectivity index (χ2n) is 5.32. The third kappa shape index (κ3) is 2.31. The van der Waals surface area contributed by atoms with Gasteiger partial charge in [-0.25, -0.2) is 0 Å². The van der Waals surface area contributed by atoms with Crippen LogP contribution >= 0.6 is 11.8 Å². The summed E-state index contributed by atoms with van der Waals surface area (Å²) in [7, 11) is 0. The first-order chi connectivity index (χ1) is 6.97. The minimum absolute atomic E-state index is 0.249. The molecule has 0 bridgehead atoms. The fourth-order valence-electron chi connectivity index (χ4n) is 1.75. The highest BCUT2D eigenvalue weighted by Gasteiger charge is 2.19. The Labute approximate surface area is 96.7 Å². The first-order valence-electron chi connectivity index (χ1n) is 5.51. The lowest BCUT2D eigenvalue weighted by Gasteiger charge is -2.26. The van der Waals surface area contributed by atoms with Gasteiger partial charge in [-0.05, 0) is 30.0 Å². The zero-order valence-corrected chi connectivity index (χ0v) is 10.7. The van der Waals surface area contributed by atoms with Gasteiger partial charge in [-0.1, -0.05) is 26.8 Å². The molecule has 15 heavy (non-hydrogen) atoms. The van der Waals surface area contributed by atoms with E-state index in [0.717, 1.165) is 0 Å². The van der Waals surface area contributed by atoms with E-state index in [2.05, 4.69) is 51.2 Å². The van der Waals surface area contributed by atoms with Crippen molar-refractivity contribution in [1.82, 2.24) is 0 Å². The van der Waals surface area contributed by atoms with Crippen molar-refractivity contribution in [3.05, 3.63) is 23.8 Å². The van der Waals surface area contributed by atoms with Crippen molar-refractivity contribution >= 4 is 17.4 Å². The molecule has 0 radical (unpaired) electrons. The third-order valence-electron chi connectivity index (χ3n) is 2.74. The van der Waals surface area contributed by atoms with Crippen molar-refractivity contribution in [2.45, 2.75) is 44.0 Å². The van der Waals surface area contributed by atoms with Crippen molar-refractivity contribution in [2.24, 2.45) is 0 Å². The highest BCUT2D eigenvalue weighted by molar-refractivity contribution is 7.99. The molecule has 1 aromatic rings. The van der Waals surface area contributed by atoms with Gasteiger partial charge in [0, 0.05) is 22.4 Å². The number of anilines is 1. The molecule has 1 aliphatic rings. The molecule has 1 aliphatic heterocycles. The van der Waals surface area contributed by atoms with Crippen LogP contribution < -0.4 is 5.32 Å². The number of benzene rings is 1. The van der Waals surface area contributed by atoms with Crippen molar-refractivity contribution in [3.8, 4) is 0 Å². The van der Waals surface area contributed by atoms with Crippen LogP contribution in [0.5, 0.6) is 0 Å². The van der Waals surface area contributed by atoms with E-state index < -0.39 is 0 Å². The van der Waals surface area contributed by atoms with Crippen LogP contribution in [0.3, 0.4) is 0 Å². The molecule has 2 heteroatoms. The van der Waals surface area contributed by atoms with E-state index in [-0.39, 0.29) is 5.41 Å². The lowest BCUT2D eigenvalue weighted by molar-refractivity contribution is 0.588. The summed E-state index contributed by atoms with van der Waals surface area (Å²) in [5, 5.41) is 3.52. The lowest BCUT2D eigenvalue weighted by Crippen LogP contribution is -2.22. The Morgan fingerprint density at radius 1 is 1.33 bits per heavy atom. The molecule has 0 fully saturated rings. The summed E-state index contributed by atoms with van der Waals surface area (Å²) in [6.07, 6.45) is 0. The van der Waals surface area contributed by atoms with Gasteiger partial charge < -0.3 is 5.32 Å². The van der Waals surface area contributed by atoms with Gasteiger partial charge in [-0.2, -0.15) is 0 Å². The topological polar surface area (TPSA) is 12.0 Å². The molecule has 82 valence electrons. The average Bonchev–Trinajstić information content (AvgIpc) is 2.15. The molecule has 1 aromatic carbocycles. The Balaban J connectivity index is 2.35. The quantitative estimate of drug-likeness (QED) is 0.713. The minimum Gasteiger partial charge on any atom is -0.381 e. The minimum atomic E-state index is 0.249. The average molecular weight is 221 g/mol. The first-order valence-corrected chi connectivity index (χ1v) is 6.49. The molecule has 0 spiro atoms. The van der Waals surface area contributed by atoms with E-state index in [1.807, 2.05) is 11.8 Å². The van der Waals surface area contributed by atoms with E-state index in [1.165, 1.54) is 21.9 Å². The summed E-state index contributed by atoms with van der Waals surface area (Å²) >= 11 is 1.96. The van der Waals surface area contributed by atoms with E-state index in [4.69, 9.17) is 0 Å². The van der Waals surface area contributed by atoms with E-state index >= 15 is 0 Å². The van der Waals surface area contributed by atoms with Gasteiger partial charge in [0.05, 0.1) is 0 Å². The highest BCUT2D eigenvalue weighted by Crippen LogP contribution is 2.36. The molecule has 0 aliphatic carbocycles. The van der Waals surface area contributed by atoms with Crippen molar-refractivity contribution in [3.63, 3.8) is 0 Å². The zero-order valence-electron chi connectivity index (χ0n) is 9.92. The Bertz CT molecular complexity index is 365. The molecule has 0 saturated carbocycles. The van der Waals surface area contributed by atoms with Crippen molar-refractivity contribution in [1.29, 1.82) is 0 Å². The number of hydrogen-bond acceptors (Lipinski definition) is 2. The summed E-state index contributed by atoms with van der Waals surface area (Å²) < 4.78 is 0. The van der Waals surface area contributed by atoms with Crippen molar-refractivity contribution in [2.75, 3.05) is 11.1 Å². The van der Waals surface area contributed by atoms with Crippen LogP contribution in [-0.4, -0.2) is 11.8 Å². The van der Waals surface area contributed by atoms with Crippen LogP contribution in [-0.2, 0) is 5.41 Å². The van der Waals surface area contributed by atoms with Gasteiger partial charge in [0.15, 0.2) is 0 Å². The van der Waals surface area contributed by atoms with Crippen LogP contribution in [0.15, 0.2) is 23.1 Å². The second kappa shape index (κ2) is 3.75. The molecule has 1 unspecified atom stereocenters. The van der Waals surface area contributed by atoms with Crippen LogP contribution in [0.25, 0.3) is 0 Å². The molecular formula is C13H19NS. The monoisotopic (exact) mass is 221 g/mol. The van der Waals surface area contributed by atoms with Gasteiger partial charge in [0.1, 0.15) is 0 Å². The number of thioether (sulfide) groups is 1. The predicted octanol–water partition coefficient (Wildman–Crippen LogP) is 3.89. The SMILES string of the molecule is CC1CSc2cc(C(C)(C)C)ccc2N1. The Morgan fingerprint density at radius 3 is 2.73 bits per heavy atom. The highest BCUT2D eigenvalue weighted by atomic mass is 32.2. The normalized spacial score (nSPS) is 20.7. The zero-order chi connectivity index (χ0) is 11.1. The standard InChI is InChI=1S/C13H19NS/c1-9-8-15-12-7-10(13(2,3)4)5-6-11(12)14-9/h5-7,9,14H,8H2,1-4H3. The van der Waals surface area contributed by atoms with Gasteiger partial charge in [-0.15, -0.1) is 11.8 Å². The maximum atomic E-state index is 3.52. The fraction of sp³-hybridized carbons (Fsp3) is 0.538. The van der Waals surface area contributed by atoms with E-state index in [9.17, 15) is 0 Å². The Kier molecular flexibility index (Phi) is 2.72. The van der Waals surface area contributed by atoms with Gasteiger partial charge >= 0.3 is 0 Å². The molecule has 1 nitrogen and oxygen atoms in total. The van der Waals surface area contributed by atoms with Gasteiger partial charge in [0.2, 0.25) is 0 Å². The molecule has 0 aromatic heterocycles. The maximum Gasteiger partial charge on any atom is 0.0480 e. The van der Waals surface area contributed by atoms with Gasteiger partial charge in [-0.3, -0.25) is 0 Å². The predicted molar refractivity (Wildman–Crippen MR) is 69.0 cm³/mol. The van der Waals surface area contributed by atoms with Crippen LogP contribution in [0, 0.1) is 0 Å². The lowest BCUT2D eigenvalue weighted by atomic mass is 9.87. The Hall–Kier alpha value is -0.630. The molecule has 1 heterocycles. The largest absolute Gasteiger partial charge is 0.381 e. The molecule has 2 rings (SSSR count). The summed E-state index contributed by atoms with van der Waals surface area (Å²) in [4.78, 5) is 1.40. The number of rotatable bonds is 0. The van der Waals surface area contributed by atoms with Crippen molar-refractivity contribution < 1.29 is 0 Å². The second-order valence-corrected chi connectivity index (χ2v) is 6.38. The summed E-state index contributed by atoms with van der Waals surface area (Å²) in [6.45, 7) is 9.02. The number of nitrogens with one attached hydrogen (secondary N) is 1. The van der Waals surface area contributed by atoms with E-state index in [0.29, 0.717) is 6.04 Å². The first kappa shape index (κ1) is 10.9. The smallest absolute Gasteiger partial charge is 0.0480 e. The summed E-state index contributed by atoms with van der Waals surface area (Å²) in [5.41, 5.74) is 2.97. The number of fused-ring (bicyclic) bond motifs is 1. The Morgan fingerprint density at radius 2 is 2.07 bits per heavy atom. The molecule has 1 N–H and O–H groups in total. The maximum absolute atomic E-state index is 3.52. The summed E-state index contributed by atoms with van der Waals surface area (Å²) in [5.74, 6) is 1.17. The van der Waals surface area contributed by atoms with Crippen LogP contribution in [0.1, 0.15) is 33.3 Å². The van der Waals surface area contributed by atoms with E-state index in [1.54, 1.807) is 0 Å². The third-order valence-corrected chi connectivity index (χ3v) is 4.05. The fourth-order valence-corrected chi connectivity index (χ4v) is 2.76. The number of hydrogen-bond donors (Lipinski definition) is 1. The van der Waals surface area contributed by atoms with Crippen LogP contribution in [0.4, 0.5) is 5.69 Å². The molecular weight excluding hydrogens is 202 g/mol. The molecule has 0 amide bonds. The molecule has 1 atom stereocenters. The van der Waals surface area contributed by atoms with Crippen LogP contribution in [0.2, 0.25) is 0 Å². The molecule has 0 saturated heterocycles.